The van der Waals surface area contributed by atoms with Gasteiger partial charge in [0, 0.05) is 24.1 Å². The van der Waals surface area contributed by atoms with Gasteiger partial charge in [-0.05, 0) is 36.2 Å². The van der Waals surface area contributed by atoms with Gasteiger partial charge >= 0.3 is 5.97 Å². The molecule has 1 amide bonds. The Hall–Kier alpha value is -4.13. The molecule has 7 heteroatoms. The smallest absolute Gasteiger partial charge is 0.335 e. The second-order valence-electron chi connectivity index (χ2n) is 7.28. The number of aromatic carboxylic acids is 1. The first-order valence-corrected chi connectivity index (χ1v) is 9.71. The number of aromatic nitrogens is 1. The summed E-state index contributed by atoms with van der Waals surface area (Å²) in [6.07, 6.45) is 1.74. The molecule has 0 aliphatic rings. The monoisotopic (exact) mass is 416 g/mol. The van der Waals surface area contributed by atoms with Crippen molar-refractivity contribution in [3.8, 4) is 0 Å². The van der Waals surface area contributed by atoms with Crippen LogP contribution in [-0.4, -0.2) is 21.4 Å². The van der Waals surface area contributed by atoms with Gasteiger partial charge in [-0.25, -0.2) is 9.20 Å². The Balaban J connectivity index is 1.58. The van der Waals surface area contributed by atoms with Crippen LogP contribution in [0, 0.1) is 6.92 Å². The number of hydrogen-bond acceptors (Lipinski definition) is 4. The van der Waals surface area contributed by atoms with Crippen LogP contribution in [0.2, 0.25) is 0 Å². The summed E-state index contributed by atoms with van der Waals surface area (Å²) in [5, 5.41) is 11.8. The Labute approximate surface area is 177 Å². The average molecular weight is 416 g/mol. The molecule has 0 aliphatic carbocycles. The van der Waals surface area contributed by atoms with Crippen LogP contribution in [0.4, 0.5) is 0 Å². The molecular weight excluding hydrogens is 396 g/mol. The number of carbonyl (C=O) groups is 2. The van der Waals surface area contributed by atoms with E-state index in [1.54, 1.807) is 25.1 Å². The van der Waals surface area contributed by atoms with Crippen LogP contribution in [0.25, 0.3) is 5.71 Å². The average Bonchev–Trinajstić information content (AvgIpc) is 3.23. The molecule has 0 unspecified atom stereocenters. The third-order valence-corrected chi connectivity index (χ3v) is 5.01. The number of oxazole rings is 1. The molecule has 4 rings (SSSR count). The second-order valence-corrected chi connectivity index (χ2v) is 7.28. The maximum atomic E-state index is 13.0. The van der Waals surface area contributed by atoms with Crippen molar-refractivity contribution >= 4 is 17.6 Å². The predicted octanol–water partition coefficient (Wildman–Crippen LogP) is 3.42. The first kappa shape index (κ1) is 20.2. The van der Waals surface area contributed by atoms with Crippen LogP contribution >= 0.6 is 0 Å². The van der Waals surface area contributed by atoms with Crippen molar-refractivity contribution in [2.75, 3.05) is 0 Å². The summed E-state index contributed by atoms with van der Waals surface area (Å²) in [6, 6.07) is 17.6. The van der Waals surface area contributed by atoms with E-state index in [-0.39, 0.29) is 16.9 Å². The molecule has 0 radical (unpaired) electrons. The lowest BCUT2D eigenvalue weighted by atomic mass is 10.0. The first-order valence-electron chi connectivity index (χ1n) is 9.71. The summed E-state index contributed by atoms with van der Waals surface area (Å²) in [4.78, 5) is 36.5. The highest BCUT2D eigenvalue weighted by Crippen LogP contribution is 2.16. The summed E-state index contributed by atoms with van der Waals surface area (Å²) in [5.41, 5.74) is 3.23. The minimum atomic E-state index is -1.000. The Morgan fingerprint density at radius 1 is 1.03 bits per heavy atom. The molecule has 4 aromatic rings. The molecule has 2 heterocycles. The topological polar surface area (TPSA) is 101 Å². The number of carboxylic acid groups (broad SMARTS) is 1. The summed E-state index contributed by atoms with van der Waals surface area (Å²) >= 11 is 0. The molecule has 31 heavy (non-hydrogen) atoms. The minimum Gasteiger partial charge on any atom is -0.478 e. The van der Waals surface area contributed by atoms with Crippen LogP contribution in [0.3, 0.4) is 0 Å². The number of aryl methyl sites for hydroxylation is 1. The van der Waals surface area contributed by atoms with Gasteiger partial charge in [0.1, 0.15) is 0 Å². The lowest BCUT2D eigenvalue weighted by Crippen LogP contribution is -2.22. The van der Waals surface area contributed by atoms with E-state index >= 15 is 0 Å². The van der Waals surface area contributed by atoms with Crippen molar-refractivity contribution in [1.29, 1.82) is 0 Å². The highest BCUT2D eigenvalue weighted by Gasteiger charge is 2.17. The van der Waals surface area contributed by atoms with Crippen molar-refractivity contribution in [2.24, 2.45) is 0 Å². The highest BCUT2D eigenvalue weighted by molar-refractivity contribution is 5.91. The van der Waals surface area contributed by atoms with Gasteiger partial charge in [-0.3, -0.25) is 9.59 Å². The van der Waals surface area contributed by atoms with Crippen LogP contribution in [0.15, 0.2) is 76.1 Å². The lowest BCUT2D eigenvalue weighted by Gasteiger charge is -2.05. The quantitative estimate of drug-likeness (QED) is 0.502. The number of rotatable bonds is 6. The summed E-state index contributed by atoms with van der Waals surface area (Å²) in [5.74, 6) is -1.35. The van der Waals surface area contributed by atoms with Crippen molar-refractivity contribution in [1.82, 2.24) is 9.72 Å². The van der Waals surface area contributed by atoms with Crippen LogP contribution in [0.1, 0.15) is 43.2 Å². The van der Waals surface area contributed by atoms with Gasteiger partial charge in [-0.2, -0.15) is 0 Å². The number of benzene rings is 2. The van der Waals surface area contributed by atoms with Gasteiger partial charge in [0.2, 0.25) is 11.5 Å². The maximum Gasteiger partial charge on any atom is 0.335 e. The van der Waals surface area contributed by atoms with Gasteiger partial charge in [0.25, 0.3) is 11.5 Å². The SMILES string of the molecule is Cc1cc(Cc2ccc(C(=O)O)cc2)c(=O)n2cc(C(=O)NCc3ccccc3)oc12. The van der Waals surface area contributed by atoms with Gasteiger partial charge in [-0.1, -0.05) is 42.5 Å². The van der Waals surface area contributed by atoms with E-state index in [2.05, 4.69) is 5.32 Å². The summed E-state index contributed by atoms with van der Waals surface area (Å²) in [6.45, 7) is 2.16. The maximum absolute atomic E-state index is 13.0. The Morgan fingerprint density at radius 3 is 2.42 bits per heavy atom. The number of nitrogens with one attached hydrogen (secondary N) is 1. The fourth-order valence-electron chi connectivity index (χ4n) is 3.40. The Morgan fingerprint density at radius 2 is 1.74 bits per heavy atom. The summed E-state index contributed by atoms with van der Waals surface area (Å²) < 4.78 is 7.00. The molecule has 0 fully saturated rings. The van der Waals surface area contributed by atoms with Crippen LogP contribution < -0.4 is 10.9 Å². The Bertz CT molecular complexity index is 1320. The third kappa shape index (κ3) is 4.25. The molecule has 0 atom stereocenters. The first-order chi connectivity index (χ1) is 14.9. The van der Waals surface area contributed by atoms with Gasteiger partial charge < -0.3 is 14.8 Å². The Kier molecular flexibility index (Phi) is 5.41. The molecule has 2 aromatic heterocycles. The second kappa shape index (κ2) is 8.31. The normalized spacial score (nSPS) is 10.9. The fraction of sp³-hybridized carbons (Fsp3) is 0.125. The van der Waals surface area contributed by atoms with E-state index in [0.29, 0.717) is 24.2 Å². The van der Waals surface area contributed by atoms with Crippen molar-refractivity contribution in [3.05, 3.63) is 111 Å². The molecule has 0 aliphatic heterocycles. The largest absolute Gasteiger partial charge is 0.478 e. The van der Waals surface area contributed by atoms with E-state index < -0.39 is 11.9 Å². The molecule has 0 bridgehead atoms. The molecule has 7 nitrogen and oxygen atoms in total. The third-order valence-electron chi connectivity index (χ3n) is 5.01. The zero-order valence-corrected chi connectivity index (χ0v) is 16.8. The lowest BCUT2D eigenvalue weighted by molar-refractivity contribution is 0.0696. The van der Waals surface area contributed by atoms with Crippen molar-refractivity contribution in [2.45, 2.75) is 19.9 Å². The number of fused-ring (bicyclic) bond motifs is 1. The number of carbonyl (C=O) groups excluding carboxylic acids is 1. The number of amides is 1. The van der Waals surface area contributed by atoms with Crippen molar-refractivity contribution < 1.29 is 19.1 Å². The zero-order valence-electron chi connectivity index (χ0n) is 16.8. The molecule has 0 spiro atoms. The van der Waals surface area contributed by atoms with E-state index in [4.69, 9.17) is 9.52 Å². The van der Waals surface area contributed by atoms with E-state index in [1.165, 1.54) is 22.7 Å². The molecule has 0 saturated carbocycles. The van der Waals surface area contributed by atoms with Gasteiger partial charge in [-0.15, -0.1) is 0 Å². The number of pyridine rings is 1. The predicted molar refractivity (Wildman–Crippen MR) is 114 cm³/mol. The zero-order chi connectivity index (χ0) is 22.0. The van der Waals surface area contributed by atoms with E-state index in [0.717, 1.165) is 16.7 Å². The van der Waals surface area contributed by atoms with E-state index in [1.807, 2.05) is 30.3 Å². The minimum absolute atomic E-state index is 0.0547. The number of hydrogen-bond donors (Lipinski definition) is 2. The molecular formula is C24H20N2O5. The highest BCUT2D eigenvalue weighted by atomic mass is 16.4. The van der Waals surface area contributed by atoms with E-state index in [9.17, 15) is 14.4 Å². The summed E-state index contributed by atoms with van der Waals surface area (Å²) in [7, 11) is 0. The number of nitrogens with zero attached hydrogens (tertiary/aromatic N) is 1. The van der Waals surface area contributed by atoms with Crippen LogP contribution in [0.5, 0.6) is 0 Å². The number of carboxylic acids is 1. The van der Waals surface area contributed by atoms with Crippen LogP contribution in [-0.2, 0) is 13.0 Å². The fourth-order valence-corrected chi connectivity index (χ4v) is 3.40. The van der Waals surface area contributed by atoms with Gasteiger partial charge in [0.15, 0.2) is 0 Å². The van der Waals surface area contributed by atoms with Gasteiger partial charge in [0.05, 0.1) is 11.8 Å². The van der Waals surface area contributed by atoms with Crippen molar-refractivity contribution in [3.63, 3.8) is 0 Å². The molecule has 2 N–H and O–H groups in total. The standard InChI is InChI=1S/C24H20N2O5/c1-15-11-19(12-16-7-9-18(10-8-16)24(29)30)22(28)26-14-20(31-23(15)26)21(27)25-13-17-5-3-2-4-6-17/h2-11,14H,12-13H2,1H3,(H,25,27)(H,29,30). The molecule has 0 saturated heterocycles. The molecule has 2 aromatic carbocycles. The molecule has 156 valence electrons.